The second kappa shape index (κ2) is 9.01. The van der Waals surface area contributed by atoms with Crippen molar-refractivity contribution in [3.63, 3.8) is 0 Å². The van der Waals surface area contributed by atoms with Crippen molar-refractivity contribution in [2.24, 2.45) is 5.73 Å². The Morgan fingerprint density at radius 3 is 2.57 bits per heavy atom. The predicted molar refractivity (Wildman–Crippen MR) is 108 cm³/mol. The van der Waals surface area contributed by atoms with Gasteiger partial charge in [0, 0.05) is 38.3 Å². The van der Waals surface area contributed by atoms with E-state index in [1.54, 1.807) is 4.90 Å². The minimum Gasteiger partial charge on any atom is -0.368 e. The maximum absolute atomic E-state index is 12.7. The number of amides is 2. The lowest BCUT2D eigenvalue weighted by atomic mass is 10.1. The molecule has 150 valence electrons. The first-order valence-corrected chi connectivity index (χ1v) is 9.81. The standard InChI is InChI=1S/C21H29N5O2/c1-15-18(16(2)24-23-15)8-9-20(27)26-13-12-25(19(14-26)21(22)28)11-10-17-6-4-3-5-7-17/h3-7,19H,8-14H2,1-2H3,(H2,22,28)(H,23,24). The van der Waals surface area contributed by atoms with E-state index in [0.29, 0.717) is 32.5 Å². The number of primary amides is 1. The van der Waals surface area contributed by atoms with Crippen LogP contribution in [-0.2, 0) is 22.4 Å². The number of nitrogens with one attached hydrogen (secondary N) is 1. The molecule has 7 nitrogen and oxygen atoms in total. The van der Waals surface area contributed by atoms with E-state index in [1.807, 2.05) is 32.0 Å². The van der Waals surface area contributed by atoms with Gasteiger partial charge in [-0.25, -0.2) is 0 Å². The molecule has 1 unspecified atom stereocenters. The van der Waals surface area contributed by atoms with Crippen LogP contribution in [0.15, 0.2) is 30.3 Å². The van der Waals surface area contributed by atoms with E-state index in [4.69, 9.17) is 5.73 Å². The zero-order chi connectivity index (χ0) is 20.1. The maximum atomic E-state index is 12.7. The summed E-state index contributed by atoms with van der Waals surface area (Å²) in [6.45, 7) is 6.32. The molecule has 0 spiro atoms. The summed E-state index contributed by atoms with van der Waals surface area (Å²) in [6, 6.07) is 9.76. The Labute approximate surface area is 165 Å². The molecule has 3 N–H and O–H groups in total. The van der Waals surface area contributed by atoms with E-state index < -0.39 is 6.04 Å². The molecule has 28 heavy (non-hydrogen) atoms. The Balaban J connectivity index is 1.55. The van der Waals surface area contributed by atoms with Gasteiger partial charge in [-0.1, -0.05) is 30.3 Å². The van der Waals surface area contributed by atoms with Crippen molar-refractivity contribution < 1.29 is 9.59 Å². The minimum absolute atomic E-state index is 0.0639. The van der Waals surface area contributed by atoms with E-state index in [1.165, 1.54) is 5.56 Å². The number of benzene rings is 1. The molecule has 0 radical (unpaired) electrons. The number of carbonyl (C=O) groups excluding carboxylic acids is 2. The molecule has 0 saturated carbocycles. The van der Waals surface area contributed by atoms with E-state index in [9.17, 15) is 9.59 Å². The van der Waals surface area contributed by atoms with Gasteiger partial charge in [-0.15, -0.1) is 0 Å². The van der Waals surface area contributed by atoms with Crippen LogP contribution in [-0.4, -0.2) is 64.0 Å². The van der Waals surface area contributed by atoms with Gasteiger partial charge in [-0.2, -0.15) is 5.10 Å². The van der Waals surface area contributed by atoms with Crippen molar-refractivity contribution in [2.45, 2.75) is 39.2 Å². The SMILES string of the molecule is Cc1n[nH]c(C)c1CCC(=O)N1CCN(CCc2ccccc2)C(C(N)=O)C1. The normalized spacial score (nSPS) is 17.6. The fourth-order valence-electron chi connectivity index (χ4n) is 3.83. The molecule has 0 aliphatic carbocycles. The van der Waals surface area contributed by atoms with Gasteiger partial charge in [-0.05, 0) is 37.8 Å². The van der Waals surface area contributed by atoms with Crippen molar-refractivity contribution in [2.75, 3.05) is 26.2 Å². The van der Waals surface area contributed by atoms with Crippen LogP contribution in [0.2, 0.25) is 0 Å². The molecule has 1 fully saturated rings. The topological polar surface area (TPSA) is 95.3 Å². The highest BCUT2D eigenvalue weighted by Gasteiger charge is 2.32. The first-order valence-electron chi connectivity index (χ1n) is 9.81. The fourth-order valence-corrected chi connectivity index (χ4v) is 3.83. The number of carbonyl (C=O) groups is 2. The number of nitrogens with zero attached hydrogens (tertiary/aromatic N) is 3. The smallest absolute Gasteiger partial charge is 0.236 e. The highest BCUT2D eigenvalue weighted by atomic mass is 16.2. The largest absolute Gasteiger partial charge is 0.368 e. The van der Waals surface area contributed by atoms with Gasteiger partial charge < -0.3 is 10.6 Å². The Morgan fingerprint density at radius 1 is 1.18 bits per heavy atom. The van der Waals surface area contributed by atoms with Crippen LogP contribution in [0.1, 0.15) is 28.9 Å². The van der Waals surface area contributed by atoms with Crippen LogP contribution >= 0.6 is 0 Å². The molecule has 1 aromatic heterocycles. The van der Waals surface area contributed by atoms with Gasteiger partial charge in [0.2, 0.25) is 11.8 Å². The number of piperazine rings is 1. The minimum atomic E-state index is -0.432. The molecular formula is C21H29N5O2. The molecule has 0 bridgehead atoms. The van der Waals surface area contributed by atoms with E-state index in [-0.39, 0.29) is 11.8 Å². The number of rotatable bonds is 7. The molecule has 1 saturated heterocycles. The van der Waals surface area contributed by atoms with Gasteiger partial charge >= 0.3 is 0 Å². The molecule has 3 rings (SSSR count). The summed E-state index contributed by atoms with van der Waals surface area (Å²) in [4.78, 5) is 28.6. The predicted octanol–water partition coefficient (Wildman–Crippen LogP) is 1.20. The monoisotopic (exact) mass is 383 g/mol. The average molecular weight is 383 g/mol. The van der Waals surface area contributed by atoms with Crippen LogP contribution in [0.25, 0.3) is 0 Å². The lowest BCUT2D eigenvalue weighted by Gasteiger charge is -2.40. The number of hydrogen-bond donors (Lipinski definition) is 2. The summed E-state index contributed by atoms with van der Waals surface area (Å²) in [6.07, 6.45) is 1.93. The average Bonchev–Trinajstić information content (AvgIpc) is 3.02. The number of hydrogen-bond acceptors (Lipinski definition) is 4. The van der Waals surface area contributed by atoms with Crippen molar-refractivity contribution >= 4 is 11.8 Å². The Kier molecular flexibility index (Phi) is 6.46. The van der Waals surface area contributed by atoms with Crippen molar-refractivity contribution in [1.29, 1.82) is 0 Å². The van der Waals surface area contributed by atoms with Crippen LogP contribution in [0, 0.1) is 13.8 Å². The fraction of sp³-hybridized carbons (Fsp3) is 0.476. The number of aryl methyl sites for hydroxylation is 2. The van der Waals surface area contributed by atoms with Gasteiger partial charge in [0.1, 0.15) is 6.04 Å². The molecule has 1 aromatic carbocycles. The van der Waals surface area contributed by atoms with Crippen LogP contribution in [0.4, 0.5) is 0 Å². The van der Waals surface area contributed by atoms with Gasteiger partial charge in [0.25, 0.3) is 0 Å². The lowest BCUT2D eigenvalue weighted by Crippen LogP contribution is -2.59. The molecular weight excluding hydrogens is 354 g/mol. The van der Waals surface area contributed by atoms with Crippen LogP contribution in [0.5, 0.6) is 0 Å². The van der Waals surface area contributed by atoms with Crippen molar-refractivity contribution in [3.8, 4) is 0 Å². The highest BCUT2D eigenvalue weighted by Crippen LogP contribution is 2.16. The summed E-state index contributed by atoms with van der Waals surface area (Å²) < 4.78 is 0. The lowest BCUT2D eigenvalue weighted by molar-refractivity contribution is -0.137. The molecule has 1 atom stereocenters. The molecule has 2 aromatic rings. The molecule has 2 amide bonds. The summed E-state index contributed by atoms with van der Waals surface area (Å²) in [7, 11) is 0. The Morgan fingerprint density at radius 2 is 1.93 bits per heavy atom. The second-order valence-electron chi connectivity index (χ2n) is 7.44. The summed E-state index contributed by atoms with van der Waals surface area (Å²) in [5.41, 5.74) is 9.92. The zero-order valence-corrected chi connectivity index (χ0v) is 16.6. The zero-order valence-electron chi connectivity index (χ0n) is 16.6. The van der Waals surface area contributed by atoms with Gasteiger partial charge in [0.05, 0.1) is 5.69 Å². The van der Waals surface area contributed by atoms with Gasteiger partial charge in [0.15, 0.2) is 0 Å². The van der Waals surface area contributed by atoms with Crippen molar-refractivity contribution in [1.82, 2.24) is 20.0 Å². The number of nitrogens with two attached hydrogens (primary N) is 1. The van der Waals surface area contributed by atoms with Crippen molar-refractivity contribution in [3.05, 3.63) is 52.8 Å². The summed E-state index contributed by atoms with van der Waals surface area (Å²) >= 11 is 0. The number of H-pyrrole nitrogens is 1. The second-order valence-corrected chi connectivity index (χ2v) is 7.44. The van der Waals surface area contributed by atoms with Crippen LogP contribution in [0.3, 0.4) is 0 Å². The first kappa shape index (κ1) is 20.1. The number of aromatic amines is 1. The van der Waals surface area contributed by atoms with E-state index >= 15 is 0 Å². The van der Waals surface area contributed by atoms with E-state index in [2.05, 4.69) is 27.2 Å². The Hall–Kier alpha value is -2.67. The first-order chi connectivity index (χ1) is 13.5. The van der Waals surface area contributed by atoms with E-state index in [0.717, 1.165) is 29.9 Å². The summed E-state index contributed by atoms with van der Waals surface area (Å²) in [5, 5.41) is 7.13. The molecule has 2 heterocycles. The van der Waals surface area contributed by atoms with Gasteiger partial charge in [-0.3, -0.25) is 19.6 Å². The number of aromatic nitrogens is 2. The third-order valence-corrected chi connectivity index (χ3v) is 5.57. The quantitative estimate of drug-likeness (QED) is 0.751. The van der Waals surface area contributed by atoms with Crippen LogP contribution < -0.4 is 5.73 Å². The molecule has 1 aliphatic rings. The molecule has 1 aliphatic heterocycles. The summed E-state index contributed by atoms with van der Waals surface area (Å²) in [5.74, 6) is -0.305. The Bertz CT molecular complexity index is 798. The third-order valence-electron chi connectivity index (χ3n) is 5.57. The maximum Gasteiger partial charge on any atom is 0.236 e. The third kappa shape index (κ3) is 4.78. The molecule has 7 heteroatoms. The highest BCUT2D eigenvalue weighted by molar-refractivity contribution is 5.82.